The van der Waals surface area contributed by atoms with E-state index in [1.54, 1.807) is 0 Å². The Morgan fingerprint density at radius 1 is 0.660 bits per heavy atom. The van der Waals surface area contributed by atoms with Gasteiger partial charge in [0.2, 0.25) is 0 Å². The lowest BCUT2D eigenvalue weighted by Crippen LogP contribution is -2.31. The predicted molar refractivity (Wildman–Crippen MR) is 203 cm³/mol. The maximum Gasteiger partial charge on any atom is 0.154 e. The van der Waals surface area contributed by atoms with Crippen LogP contribution in [0.2, 0.25) is 0 Å². The molecule has 2 rings (SSSR count). The number of allylic oxidation sites excluding steroid dienone is 2. The number of carbonyl (C=O) groups is 2. The molecule has 0 aliphatic heterocycles. The van der Waals surface area contributed by atoms with Gasteiger partial charge in [-0.05, 0) is 148 Å². The zero-order valence-electron chi connectivity index (χ0n) is 32.9. The summed E-state index contributed by atoms with van der Waals surface area (Å²) in [6.07, 6.45) is 18.6. The molecule has 7 heteroatoms. The highest BCUT2D eigenvalue weighted by Gasteiger charge is 2.36. The molecule has 15 atom stereocenters. The number of aldehydes is 2. The van der Waals surface area contributed by atoms with Crippen molar-refractivity contribution < 1.29 is 35.1 Å². The molecule has 0 aromatic rings. The molecule has 0 aromatic carbocycles. The molecule has 50 heavy (non-hydrogen) atoms. The standard InChI is InChI=1S/C43H78O7/c1-28(14-35(26-47)21-36(27-48)15-29(2)23-44)16-41(17-30(3)24-45)40-9-8-32(5)38(22-40)12-10-37-11-13-39(19-33(37)6)42(18-31(4)25-46)20-34(7)43(49)50/h11,13,25,27-45,47,49-50H,8-10,12,14-24,26H2,1-7H3/t28?,29-,30?,31?,32-,33?,34?,35?,36?,37-,38?,39+,40+,41?,42?/m0/s1. The smallest absolute Gasteiger partial charge is 0.154 e. The van der Waals surface area contributed by atoms with Crippen LogP contribution in [0.3, 0.4) is 0 Å². The lowest BCUT2D eigenvalue weighted by atomic mass is 9.64. The van der Waals surface area contributed by atoms with E-state index in [1.807, 2.05) is 20.8 Å². The van der Waals surface area contributed by atoms with E-state index >= 15 is 0 Å². The number of hydrogen-bond acceptors (Lipinski definition) is 7. The van der Waals surface area contributed by atoms with Crippen molar-refractivity contribution in [3.63, 3.8) is 0 Å². The Morgan fingerprint density at radius 2 is 1.32 bits per heavy atom. The number of carbonyl (C=O) groups excluding carboxylic acids is 2. The first-order chi connectivity index (χ1) is 23.7. The van der Waals surface area contributed by atoms with Crippen LogP contribution in [0.1, 0.15) is 132 Å². The first-order valence-electron chi connectivity index (χ1n) is 20.5. The molecular formula is C43H78O7. The molecule has 0 radical (unpaired) electrons. The monoisotopic (exact) mass is 707 g/mol. The van der Waals surface area contributed by atoms with E-state index < -0.39 is 6.29 Å². The minimum absolute atomic E-state index is 0.0328. The van der Waals surface area contributed by atoms with Gasteiger partial charge >= 0.3 is 0 Å². The van der Waals surface area contributed by atoms with Gasteiger partial charge in [-0.25, -0.2) is 0 Å². The van der Waals surface area contributed by atoms with Gasteiger partial charge in [0.25, 0.3) is 0 Å². The Kier molecular flexibility index (Phi) is 21.2. The lowest BCUT2D eigenvalue weighted by Gasteiger charge is -2.41. The largest absolute Gasteiger partial charge is 0.396 e. The fraction of sp³-hybridized carbons (Fsp3) is 0.907. The van der Waals surface area contributed by atoms with Crippen LogP contribution in [0.4, 0.5) is 0 Å². The molecule has 10 unspecified atom stereocenters. The molecule has 7 nitrogen and oxygen atoms in total. The summed E-state index contributed by atoms with van der Waals surface area (Å²) >= 11 is 0. The first-order valence-corrected chi connectivity index (χ1v) is 20.5. The third-order valence-corrected chi connectivity index (χ3v) is 13.2. The Bertz CT molecular complexity index is 954. The number of aliphatic hydroxyl groups is 5. The van der Waals surface area contributed by atoms with Gasteiger partial charge in [-0.3, -0.25) is 0 Å². The molecule has 292 valence electrons. The van der Waals surface area contributed by atoms with Crippen LogP contribution < -0.4 is 0 Å². The van der Waals surface area contributed by atoms with E-state index in [9.17, 15) is 35.1 Å². The van der Waals surface area contributed by atoms with Crippen molar-refractivity contribution in [2.75, 3.05) is 19.8 Å². The summed E-state index contributed by atoms with van der Waals surface area (Å²) in [5.41, 5.74) is 0. The van der Waals surface area contributed by atoms with Crippen molar-refractivity contribution in [3.8, 4) is 0 Å². The zero-order chi connectivity index (χ0) is 37.4. The third kappa shape index (κ3) is 15.5. The Labute approximate surface area is 306 Å². The molecule has 0 aromatic heterocycles. The molecule has 2 aliphatic carbocycles. The molecule has 2 aliphatic rings. The van der Waals surface area contributed by atoms with Gasteiger partial charge in [-0.15, -0.1) is 0 Å². The Hall–Kier alpha value is -1.12. The quantitative estimate of drug-likeness (QED) is 0.0373. The second-order valence-corrected chi connectivity index (χ2v) is 18.1. The maximum atomic E-state index is 11.8. The van der Waals surface area contributed by atoms with E-state index in [4.69, 9.17) is 0 Å². The molecule has 5 N–H and O–H groups in total. The Morgan fingerprint density at radius 3 is 1.90 bits per heavy atom. The first kappa shape index (κ1) is 45.0. The van der Waals surface area contributed by atoms with Crippen molar-refractivity contribution in [3.05, 3.63) is 12.2 Å². The van der Waals surface area contributed by atoms with Gasteiger partial charge in [0, 0.05) is 37.6 Å². The summed E-state index contributed by atoms with van der Waals surface area (Å²) in [6.45, 7) is 15.5. The highest BCUT2D eigenvalue weighted by atomic mass is 16.5. The molecule has 0 bridgehead atoms. The number of aliphatic hydroxyl groups excluding tert-OH is 4. The summed E-state index contributed by atoms with van der Waals surface area (Å²) in [7, 11) is 0. The van der Waals surface area contributed by atoms with E-state index in [-0.39, 0.29) is 61.2 Å². The second kappa shape index (κ2) is 23.5. The van der Waals surface area contributed by atoms with Crippen LogP contribution in [0.5, 0.6) is 0 Å². The van der Waals surface area contributed by atoms with Crippen LogP contribution in [-0.2, 0) is 9.59 Å². The maximum absolute atomic E-state index is 11.8. The minimum atomic E-state index is -1.33. The average Bonchev–Trinajstić information content (AvgIpc) is 3.09. The normalized spacial score (nSPS) is 29.8. The molecule has 1 saturated carbocycles. The van der Waals surface area contributed by atoms with Crippen LogP contribution in [0, 0.1) is 88.8 Å². The second-order valence-electron chi connectivity index (χ2n) is 18.1. The van der Waals surface area contributed by atoms with Crippen molar-refractivity contribution in [2.24, 2.45) is 88.8 Å². The minimum Gasteiger partial charge on any atom is -0.396 e. The molecule has 0 spiro atoms. The van der Waals surface area contributed by atoms with E-state index in [0.717, 1.165) is 44.7 Å². The van der Waals surface area contributed by atoms with Crippen LogP contribution in [0.25, 0.3) is 0 Å². The molecule has 0 amide bonds. The van der Waals surface area contributed by atoms with Gasteiger partial charge in [-0.1, -0.05) is 67.0 Å². The molecule has 0 saturated heterocycles. The predicted octanol–water partition coefficient (Wildman–Crippen LogP) is 7.71. The average molecular weight is 707 g/mol. The summed E-state index contributed by atoms with van der Waals surface area (Å²) < 4.78 is 0. The van der Waals surface area contributed by atoms with Crippen molar-refractivity contribution in [1.82, 2.24) is 0 Å². The highest BCUT2D eigenvalue weighted by Crippen LogP contribution is 2.46. The molecular weight excluding hydrogens is 628 g/mol. The summed E-state index contributed by atoms with van der Waals surface area (Å²) in [6, 6.07) is 0. The van der Waals surface area contributed by atoms with Gasteiger partial charge in [0.1, 0.15) is 12.6 Å². The SMILES string of the molecule is CC(C=O)CC(CC(C)C(O)O)[C@@H]1C=C[C@H](CCC2C[C@H](C(CC(C)CO)CC(C)CC(CO)CC(C=O)C[C@H](C)CO)CC[C@@H]2C)C(C)C1. The zero-order valence-corrected chi connectivity index (χ0v) is 32.9. The van der Waals surface area contributed by atoms with Gasteiger partial charge < -0.3 is 35.1 Å². The van der Waals surface area contributed by atoms with Gasteiger partial charge in [0.15, 0.2) is 6.29 Å². The fourth-order valence-corrected chi connectivity index (χ4v) is 9.88. The van der Waals surface area contributed by atoms with Gasteiger partial charge in [-0.2, -0.15) is 0 Å². The topological polar surface area (TPSA) is 135 Å². The molecule has 1 fully saturated rings. The van der Waals surface area contributed by atoms with Crippen molar-refractivity contribution in [2.45, 2.75) is 138 Å². The van der Waals surface area contributed by atoms with E-state index in [0.29, 0.717) is 66.6 Å². The van der Waals surface area contributed by atoms with Crippen LogP contribution in [0.15, 0.2) is 12.2 Å². The third-order valence-electron chi connectivity index (χ3n) is 13.2. The van der Waals surface area contributed by atoms with Crippen molar-refractivity contribution >= 4 is 12.6 Å². The summed E-state index contributed by atoms with van der Waals surface area (Å²) in [5, 5.41) is 49.2. The van der Waals surface area contributed by atoms with Gasteiger partial charge in [0.05, 0.1) is 0 Å². The fourth-order valence-electron chi connectivity index (χ4n) is 9.88. The summed E-state index contributed by atoms with van der Waals surface area (Å²) in [5.74, 6) is 4.76. The van der Waals surface area contributed by atoms with Crippen molar-refractivity contribution in [1.29, 1.82) is 0 Å². The number of rotatable bonds is 25. The lowest BCUT2D eigenvalue weighted by molar-refractivity contribution is -0.112. The van der Waals surface area contributed by atoms with Crippen LogP contribution >= 0.6 is 0 Å². The molecule has 0 heterocycles. The summed E-state index contributed by atoms with van der Waals surface area (Å²) in [4.78, 5) is 23.3. The van der Waals surface area contributed by atoms with E-state index in [2.05, 4.69) is 39.8 Å². The Balaban J connectivity index is 2.05. The van der Waals surface area contributed by atoms with Crippen LogP contribution in [-0.4, -0.2) is 64.2 Å². The van der Waals surface area contributed by atoms with E-state index in [1.165, 1.54) is 32.1 Å². The highest BCUT2D eigenvalue weighted by molar-refractivity contribution is 5.53. The number of hydrogen-bond donors (Lipinski definition) is 5.